The topological polar surface area (TPSA) is 87.7 Å². The minimum Gasteiger partial charge on any atom is -0.409 e. The first-order valence-electron chi connectivity index (χ1n) is 5.45. The number of rotatable bonds is 4. The predicted molar refractivity (Wildman–Crippen MR) is 55.4 cm³/mol. The summed E-state index contributed by atoms with van der Waals surface area (Å²) in [5.74, 6) is 0.636. The van der Waals surface area contributed by atoms with Crippen LogP contribution in [-0.4, -0.2) is 23.5 Å². The lowest BCUT2D eigenvalue weighted by Gasteiger charge is -2.38. The van der Waals surface area contributed by atoms with E-state index in [4.69, 9.17) is 10.9 Å². The maximum absolute atomic E-state index is 11.9. The number of nitrogens with one attached hydrogen (secondary N) is 1. The first-order chi connectivity index (χ1) is 7.19. The van der Waals surface area contributed by atoms with E-state index in [0.717, 1.165) is 13.0 Å². The molecular formula is C10H17N3O2. The van der Waals surface area contributed by atoms with Crippen LogP contribution in [0.2, 0.25) is 0 Å². The van der Waals surface area contributed by atoms with Gasteiger partial charge in [-0.25, -0.2) is 0 Å². The monoisotopic (exact) mass is 211 g/mol. The van der Waals surface area contributed by atoms with E-state index in [1.807, 2.05) is 0 Å². The van der Waals surface area contributed by atoms with Gasteiger partial charge in [-0.1, -0.05) is 11.6 Å². The molecule has 2 saturated carbocycles. The van der Waals surface area contributed by atoms with E-state index < -0.39 is 5.41 Å². The highest BCUT2D eigenvalue weighted by atomic mass is 16.4. The summed E-state index contributed by atoms with van der Waals surface area (Å²) in [6.45, 7) is 0.735. The number of amidine groups is 1. The van der Waals surface area contributed by atoms with Crippen LogP contribution >= 0.6 is 0 Å². The van der Waals surface area contributed by atoms with E-state index in [0.29, 0.717) is 18.8 Å². The summed E-state index contributed by atoms with van der Waals surface area (Å²) >= 11 is 0. The number of oxime groups is 1. The summed E-state index contributed by atoms with van der Waals surface area (Å²) < 4.78 is 0. The zero-order valence-electron chi connectivity index (χ0n) is 8.70. The highest BCUT2D eigenvalue weighted by Crippen LogP contribution is 2.41. The van der Waals surface area contributed by atoms with Crippen LogP contribution in [0.5, 0.6) is 0 Å². The van der Waals surface area contributed by atoms with E-state index in [-0.39, 0.29) is 11.7 Å². The van der Waals surface area contributed by atoms with Gasteiger partial charge in [-0.3, -0.25) is 4.79 Å². The molecule has 0 aromatic heterocycles. The second-order valence-electron chi connectivity index (χ2n) is 4.57. The Balaban J connectivity index is 1.95. The quantitative estimate of drug-likeness (QED) is 0.273. The minimum absolute atomic E-state index is 0.0575. The number of nitrogens with zero attached hydrogens (tertiary/aromatic N) is 1. The average molecular weight is 211 g/mol. The molecule has 0 heterocycles. The van der Waals surface area contributed by atoms with Gasteiger partial charge in [-0.05, 0) is 31.6 Å². The van der Waals surface area contributed by atoms with E-state index in [9.17, 15) is 4.79 Å². The minimum atomic E-state index is -0.719. The molecule has 0 atom stereocenters. The van der Waals surface area contributed by atoms with Gasteiger partial charge in [0.1, 0.15) is 5.41 Å². The Morgan fingerprint density at radius 3 is 2.60 bits per heavy atom. The Morgan fingerprint density at radius 1 is 1.53 bits per heavy atom. The molecule has 2 fully saturated rings. The van der Waals surface area contributed by atoms with Gasteiger partial charge in [0.25, 0.3) is 0 Å². The fourth-order valence-electron chi connectivity index (χ4n) is 1.95. The van der Waals surface area contributed by atoms with E-state index in [1.54, 1.807) is 0 Å². The molecule has 0 saturated heterocycles. The van der Waals surface area contributed by atoms with Crippen molar-refractivity contribution in [2.24, 2.45) is 22.2 Å². The van der Waals surface area contributed by atoms with Gasteiger partial charge in [0.2, 0.25) is 5.91 Å². The van der Waals surface area contributed by atoms with Gasteiger partial charge < -0.3 is 16.3 Å². The summed E-state index contributed by atoms with van der Waals surface area (Å²) in [6, 6.07) is 0. The fourth-order valence-corrected chi connectivity index (χ4v) is 1.95. The number of nitrogens with two attached hydrogens (primary N) is 1. The van der Waals surface area contributed by atoms with Crippen LogP contribution < -0.4 is 11.1 Å². The van der Waals surface area contributed by atoms with Crippen molar-refractivity contribution in [1.29, 1.82) is 0 Å². The number of hydrogen-bond donors (Lipinski definition) is 3. The molecule has 0 aliphatic heterocycles. The Kier molecular flexibility index (Phi) is 2.54. The second-order valence-corrected chi connectivity index (χ2v) is 4.57. The molecule has 0 aromatic carbocycles. The zero-order valence-corrected chi connectivity index (χ0v) is 8.70. The lowest BCUT2D eigenvalue weighted by atomic mass is 9.67. The maximum atomic E-state index is 11.9. The van der Waals surface area contributed by atoms with E-state index in [2.05, 4.69) is 10.5 Å². The average Bonchev–Trinajstić information content (AvgIpc) is 2.96. The summed E-state index contributed by atoms with van der Waals surface area (Å²) in [5, 5.41) is 14.5. The molecular weight excluding hydrogens is 194 g/mol. The Labute approximate surface area is 88.7 Å². The van der Waals surface area contributed by atoms with Crippen molar-refractivity contribution in [3.8, 4) is 0 Å². The van der Waals surface area contributed by atoms with Crippen LogP contribution in [0.25, 0.3) is 0 Å². The van der Waals surface area contributed by atoms with Gasteiger partial charge in [0, 0.05) is 6.54 Å². The van der Waals surface area contributed by atoms with Gasteiger partial charge in [0.05, 0.1) is 0 Å². The normalized spacial score (nSPS) is 24.4. The lowest BCUT2D eigenvalue weighted by Crippen LogP contribution is -2.54. The molecule has 84 valence electrons. The van der Waals surface area contributed by atoms with Gasteiger partial charge in [-0.2, -0.15) is 0 Å². The van der Waals surface area contributed by atoms with Crippen LogP contribution in [0.4, 0.5) is 0 Å². The Bertz CT molecular complexity index is 293. The molecule has 15 heavy (non-hydrogen) atoms. The maximum Gasteiger partial charge on any atom is 0.233 e. The molecule has 2 aliphatic rings. The summed E-state index contributed by atoms with van der Waals surface area (Å²) in [7, 11) is 0. The Hall–Kier alpha value is -1.26. The molecule has 0 aromatic rings. The molecule has 2 aliphatic carbocycles. The van der Waals surface area contributed by atoms with Crippen molar-refractivity contribution in [2.75, 3.05) is 6.54 Å². The summed E-state index contributed by atoms with van der Waals surface area (Å²) in [5.41, 5.74) is 4.86. The third-order valence-electron chi connectivity index (χ3n) is 3.49. The zero-order chi connectivity index (χ0) is 10.9. The smallest absolute Gasteiger partial charge is 0.233 e. The second kappa shape index (κ2) is 3.72. The van der Waals surface area contributed by atoms with Crippen molar-refractivity contribution in [3.05, 3.63) is 0 Å². The van der Waals surface area contributed by atoms with Crippen molar-refractivity contribution < 1.29 is 10.0 Å². The van der Waals surface area contributed by atoms with Crippen LogP contribution in [0.3, 0.4) is 0 Å². The third kappa shape index (κ3) is 1.78. The van der Waals surface area contributed by atoms with Crippen molar-refractivity contribution in [3.63, 3.8) is 0 Å². The van der Waals surface area contributed by atoms with Crippen LogP contribution in [0, 0.1) is 11.3 Å². The van der Waals surface area contributed by atoms with Crippen molar-refractivity contribution >= 4 is 11.7 Å². The molecule has 5 nitrogen and oxygen atoms in total. The van der Waals surface area contributed by atoms with Crippen LogP contribution in [-0.2, 0) is 4.79 Å². The summed E-state index contributed by atoms with van der Waals surface area (Å²) in [6.07, 6.45) is 4.76. The predicted octanol–water partition coefficient (Wildman–Crippen LogP) is 0.429. The first kappa shape index (κ1) is 10.3. The van der Waals surface area contributed by atoms with Crippen LogP contribution in [0.1, 0.15) is 32.1 Å². The summed E-state index contributed by atoms with van der Waals surface area (Å²) in [4.78, 5) is 11.9. The van der Waals surface area contributed by atoms with Crippen molar-refractivity contribution in [1.82, 2.24) is 5.32 Å². The van der Waals surface area contributed by atoms with Gasteiger partial charge in [-0.15, -0.1) is 0 Å². The Morgan fingerprint density at radius 2 is 2.20 bits per heavy atom. The molecule has 2 rings (SSSR count). The van der Waals surface area contributed by atoms with Crippen molar-refractivity contribution in [2.45, 2.75) is 32.1 Å². The molecule has 1 amide bonds. The van der Waals surface area contributed by atoms with Gasteiger partial charge >= 0.3 is 0 Å². The van der Waals surface area contributed by atoms with Gasteiger partial charge in [0.15, 0.2) is 5.84 Å². The number of carbonyl (C=O) groups is 1. The molecule has 5 heteroatoms. The molecule has 0 spiro atoms. The molecule has 0 unspecified atom stereocenters. The molecule has 4 N–H and O–H groups in total. The van der Waals surface area contributed by atoms with Crippen LogP contribution in [0.15, 0.2) is 5.16 Å². The first-order valence-corrected chi connectivity index (χ1v) is 5.45. The number of amides is 1. The van der Waals surface area contributed by atoms with E-state index in [1.165, 1.54) is 12.8 Å². The number of hydrogen-bond acceptors (Lipinski definition) is 3. The molecule has 0 bridgehead atoms. The highest BCUT2D eigenvalue weighted by molar-refractivity contribution is 6.07. The fraction of sp³-hybridized carbons (Fsp3) is 0.800. The highest BCUT2D eigenvalue weighted by Gasteiger charge is 2.48. The lowest BCUT2D eigenvalue weighted by molar-refractivity contribution is -0.131. The third-order valence-corrected chi connectivity index (χ3v) is 3.49. The number of carbonyl (C=O) groups excluding carboxylic acids is 1. The van der Waals surface area contributed by atoms with E-state index >= 15 is 0 Å². The standard InChI is InChI=1S/C10H17N3O2/c11-8(13-15)10(4-1-5-10)9(14)12-6-7-2-3-7/h7,15H,1-6H2,(H2,11,13)(H,12,14). The molecule has 0 radical (unpaired) electrons. The SMILES string of the molecule is NC(=NO)C1(C(=O)NCC2CC2)CCC1. The largest absolute Gasteiger partial charge is 0.409 e.